The number of nitrogens with zero attached hydrogens (tertiary/aromatic N) is 3. The summed E-state index contributed by atoms with van der Waals surface area (Å²) in [6.07, 6.45) is 1.32. The third kappa shape index (κ3) is 5.63. The number of amides is 1. The number of thioether (sulfide) groups is 1. The van der Waals surface area contributed by atoms with Crippen molar-refractivity contribution in [2.24, 2.45) is 7.05 Å². The van der Waals surface area contributed by atoms with Gasteiger partial charge >= 0.3 is 0 Å². The second kappa shape index (κ2) is 9.65. The summed E-state index contributed by atoms with van der Waals surface area (Å²) in [6.45, 7) is 6.63. The molecule has 154 valence electrons. The minimum absolute atomic E-state index is 0.0921. The SMILES string of the molecule is CC(C)c1ccc(OC(C)c2nnc(SCC(=O)NCc3ccco3)n2C)cc1. The van der Waals surface area contributed by atoms with Crippen molar-refractivity contribution >= 4 is 17.7 Å². The van der Waals surface area contributed by atoms with E-state index < -0.39 is 0 Å². The van der Waals surface area contributed by atoms with Crippen molar-refractivity contribution < 1.29 is 13.9 Å². The largest absolute Gasteiger partial charge is 0.483 e. The molecule has 1 unspecified atom stereocenters. The lowest BCUT2D eigenvalue weighted by molar-refractivity contribution is -0.118. The Morgan fingerprint density at radius 3 is 2.62 bits per heavy atom. The van der Waals surface area contributed by atoms with Gasteiger partial charge in [0.2, 0.25) is 5.91 Å². The Labute approximate surface area is 174 Å². The van der Waals surface area contributed by atoms with Crippen LogP contribution in [0.2, 0.25) is 0 Å². The van der Waals surface area contributed by atoms with Gasteiger partial charge in [-0.2, -0.15) is 0 Å². The van der Waals surface area contributed by atoms with Gasteiger partial charge in [0, 0.05) is 7.05 Å². The van der Waals surface area contributed by atoms with Gasteiger partial charge in [0.15, 0.2) is 17.1 Å². The topological polar surface area (TPSA) is 82.2 Å². The third-order valence-corrected chi connectivity index (χ3v) is 5.48. The minimum atomic E-state index is -0.264. The molecule has 0 saturated carbocycles. The molecule has 1 amide bonds. The second-order valence-corrected chi connectivity index (χ2v) is 7.97. The molecule has 2 heterocycles. The smallest absolute Gasteiger partial charge is 0.230 e. The van der Waals surface area contributed by atoms with Crippen LogP contribution in [0.4, 0.5) is 0 Å². The minimum Gasteiger partial charge on any atom is -0.483 e. The maximum Gasteiger partial charge on any atom is 0.230 e. The van der Waals surface area contributed by atoms with E-state index in [4.69, 9.17) is 9.15 Å². The van der Waals surface area contributed by atoms with Crippen LogP contribution in [0, 0.1) is 0 Å². The highest BCUT2D eigenvalue weighted by molar-refractivity contribution is 7.99. The molecule has 1 N–H and O–H groups in total. The van der Waals surface area contributed by atoms with E-state index in [1.165, 1.54) is 17.3 Å². The van der Waals surface area contributed by atoms with Crippen LogP contribution in [0.1, 0.15) is 49.9 Å². The molecule has 3 rings (SSSR count). The van der Waals surface area contributed by atoms with Crippen LogP contribution in [0.15, 0.2) is 52.2 Å². The predicted molar refractivity (Wildman–Crippen MR) is 112 cm³/mol. The van der Waals surface area contributed by atoms with Gasteiger partial charge in [-0.3, -0.25) is 4.79 Å². The van der Waals surface area contributed by atoms with E-state index in [9.17, 15) is 4.79 Å². The maximum absolute atomic E-state index is 12.0. The second-order valence-electron chi connectivity index (χ2n) is 7.03. The van der Waals surface area contributed by atoms with E-state index in [0.717, 1.165) is 11.5 Å². The molecule has 3 aromatic rings. The van der Waals surface area contributed by atoms with E-state index in [-0.39, 0.29) is 17.8 Å². The molecule has 2 aromatic heterocycles. The number of ether oxygens (including phenoxy) is 1. The molecular weight excluding hydrogens is 388 g/mol. The normalized spacial score (nSPS) is 12.2. The molecule has 0 aliphatic rings. The van der Waals surface area contributed by atoms with Gasteiger partial charge in [0.1, 0.15) is 11.5 Å². The first kappa shape index (κ1) is 21.0. The molecule has 0 aliphatic carbocycles. The fraction of sp³-hybridized carbons (Fsp3) is 0.381. The zero-order valence-electron chi connectivity index (χ0n) is 17.1. The Hall–Kier alpha value is -2.74. The molecule has 1 aromatic carbocycles. The van der Waals surface area contributed by atoms with Crippen LogP contribution in [0.5, 0.6) is 5.75 Å². The van der Waals surface area contributed by atoms with E-state index in [1.807, 2.05) is 36.7 Å². The molecule has 0 radical (unpaired) electrons. The van der Waals surface area contributed by atoms with Crippen molar-refractivity contribution in [2.75, 3.05) is 5.75 Å². The van der Waals surface area contributed by atoms with Gasteiger partial charge in [-0.1, -0.05) is 37.7 Å². The summed E-state index contributed by atoms with van der Waals surface area (Å²) in [5.74, 6) is 2.85. The molecule has 0 bridgehead atoms. The van der Waals surface area contributed by atoms with Crippen LogP contribution >= 0.6 is 11.8 Å². The molecule has 0 aliphatic heterocycles. The Kier molecular flexibility index (Phi) is 6.98. The van der Waals surface area contributed by atoms with Gasteiger partial charge in [0.25, 0.3) is 0 Å². The number of hydrogen-bond donors (Lipinski definition) is 1. The van der Waals surface area contributed by atoms with Crippen molar-refractivity contribution in [2.45, 2.75) is 44.5 Å². The number of hydrogen-bond acceptors (Lipinski definition) is 6. The average Bonchev–Trinajstić information content (AvgIpc) is 3.35. The zero-order chi connectivity index (χ0) is 20.8. The summed E-state index contributed by atoms with van der Waals surface area (Å²) in [6, 6.07) is 11.7. The number of aromatic nitrogens is 3. The fourth-order valence-electron chi connectivity index (χ4n) is 2.77. The monoisotopic (exact) mass is 414 g/mol. The van der Waals surface area contributed by atoms with Crippen molar-refractivity contribution in [1.82, 2.24) is 20.1 Å². The third-order valence-electron chi connectivity index (χ3n) is 4.46. The highest BCUT2D eigenvalue weighted by Gasteiger charge is 2.18. The number of benzene rings is 1. The van der Waals surface area contributed by atoms with Gasteiger partial charge < -0.3 is 19.0 Å². The maximum atomic E-state index is 12.0. The molecule has 1 atom stereocenters. The number of nitrogens with one attached hydrogen (secondary N) is 1. The molecule has 0 saturated heterocycles. The molecule has 29 heavy (non-hydrogen) atoms. The fourth-order valence-corrected chi connectivity index (χ4v) is 3.52. The van der Waals surface area contributed by atoms with E-state index in [1.54, 1.807) is 12.3 Å². The van der Waals surface area contributed by atoms with E-state index >= 15 is 0 Å². The molecule has 8 heteroatoms. The number of carbonyl (C=O) groups excluding carboxylic acids is 1. The lowest BCUT2D eigenvalue weighted by atomic mass is 10.0. The summed E-state index contributed by atoms with van der Waals surface area (Å²) in [5.41, 5.74) is 1.27. The first-order chi connectivity index (χ1) is 13.9. The Balaban J connectivity index is 1.53. The first-order valence-corrected chi connectivity index (χ1v) is 10.5. The summed E-state index contributed by atoms with van der Waals surface area (Å²) in [5, 5.41) is 11.9. The van der Waals surface area contributed by atoms with Crippen LogP contribution in [0.25, 0.3) is 0 Å². The van der Waals surface area contributed by atoms with E-state index in [0.29, 0.717) is 23.4 Å². The summed E-state index contributed by atoms with van der Waals surface area (Å²) in [4.78, 5) is 12.0. The number of rotatable bonds is 9. The zero-order valence-corrected chi connectivity index (χ0v) is 17.9. The molecule has 7 nitrogen and oxygen atoms in total. The summed E-state index contributed by atoms with van der Waals surface area (Å²) < 4.78 is 13.1. The lowest BCUT2D eigenvalue weighted by Crippen LogP contribution is -2.24. The highest BCUT2D eigenvalue weighted by atomic mass is 32.2. The molecule has 0 fully saturated rings. The van der Waals surface area contributed by atoms with Gasteiger partial charge in [-0.25, -0.2) is 0 Å². The molecular formula is C21H26N4O3S. The van der Waals surface area contributed by atoms with Crippen molar-refractivity contribution in [3.8, 4) is 5.75 Å². The van der Waals surface area contributed by atoms with Crippen LogP contribution < -0.4 is 10.1 Å². The Bertz CT molecular complexity index is 920. The van der Waals surface area contributed by atoms with Crippen LogP contribution in [-0.2, 0) is 18.4 Å². The van der Waals surface area contributed by atoms with Crippen molar-refractivity contribution in [1.29, 1.82) is 0 Å². The number of furan rings is 1. The van der Waals surface area contributed by atoms with Gasteiger partial charge in [-0.05, 0) is 42.7 Å². The van der Waals surface area contributed by atoms with Crippen LogP contribution in [0.3, 0.4) is 0 Å². The van der Waals surface area contributed by atoms with E-state index in [2.05, 4.69) is 41.5 Å². The van der Waals surface area contributed by atoms with Gasteiger partial charge in [-0.15, -0.1) is 10.2 Å². The lowest BCUT2D eigenvalue weighted by Gasteiger charge is -2.15. The van der Waals surface area contributed by atoms with Crippen LogP contribution in [-0.4, -0.2) is 26.4 Å². The quantitative estimate of drug-likeness (QED) is 0.531. The first-order valence-electron chi connectivity index (χ1n) is 9.51. The Morgan fingerprint density at radius 1 is 1.21 bits per heavy atom. The Morgan fingerprint density at radius 2 is 1.97 bits per heavy atom. The molecule has 0 spiro atoms. The number of carbonyl (C=O) groups is 1. The van der Waals surface area contributed by atoms with Crippen molar-refractivity contribution in [3.63, 3.8) is 0 Å². The predicted octanol–water partition coefficient (Wildman–Crippen LogP) is 4.08. The summed E-state index contributed by atoms with van der Waals surface area (Å²) in [7, 11) is 1.88. The highest BCUT2D eigenvalue weighted by Crippen LogP contribution is 2.25. The van der Waals surface area contributed by atoms with Gasteiger partial charge in [0.05, 0.1) is 18.6 Å². The standard InChI is InChI=1S/C21H26N4O3S/c1-14(2)16-7-9-17(10-8-16)28-15(3)20-23-24-21(25(20)4)29-13-19(26)22-12-18-6-5-11-27-18/h5-11,14-15H,12-13H2,1-4H3,(H,22,26). The van der Waals surface area contributed by atoms with Crippen molar-refractivity contribution in [3.05, 3.63) is 59.8 Å². The average molecular weight is 415 g/mol. The summed E-state index contributed by atoms with van der Waals surface area (Å²) >= 11 is 1.33.